The third kappa shape index (κ3) is 2.73. The van der Waals surface area contributed by atoms with Crippen LogP contribution in [0.25, 0.3) is 0 Å². The highest BCUT2D eigenvalue weighted by Crippen LogP contribution is 2.23. The summed E-state index contributed by atoms with van der Waals surface area (Å²) in [4.78, 5) is 0.217. The standard InChI is InChI=1S/C11H19N3O3S/c1-3-10-9(4-5-17-10)6-13-18(15,16)11-7-12-14-8(11)2/h7,9-10,13H,3-6H2,1-2H3,(H,12,14). The molecule has 18 heavy (non-hydrogen) atoms. The van der Waals surface area contributed by atoms with Gasteiger partial charge in [0.1, 0.15) is 4.90 Å². The zero-order chi connectivity index (χ0) is 13.2. The highest BCUT2D eigenvalue weighted by molar-refractivity contribution is 7.89. The number of sulfonamides is 1. The quantitative estimate of drug-likeness (QED) is 0.831. The second-order valence-electron chi connectivity index (χ2n) is 4.58. The molecular weight excluding hydrogens is 254 g/mol. The van der Waals surface area contributed by atoms with Gasteiger partial charge in [-0.25, -0.2) is 13.1 Å². The van der Waals surface area contributed by atoms with Crippen LogP contribution < -0.4 is 4.72 Å². The molecule has 1 fully saturated rings. The Kier molecular flexibility index (Phi) is 4.04. The molecular formula is C11H19N3O3S. The third-order valence-electron chi connectivity index (χ3n) is 3.36. The van der Waals surface area contributed by atoms with E-state index in [9.17, 15) is 8.42 Å². The average Bonchev–Trinajstić information content (AvgIpc) is 2.94. The van der Waals surface area contributed by atoms with Crippen molar-refractivity contribution in [1.82, 2.24) is 14.9 Å². The van der Waals surface area contributed by atoms with E-state index in [1.165, 1.54) is 6.20 Å². The van der Waals surface area contributed by atoms with Gasteiger partial charge in [-0.3, -0.25) is 5.10 Å². The molecule has 0 aromatic carbocycles. The van der Waals surface area contributed by atoms with Crippen LogP contribution in [0.15, 0.2) is 11.1 Å². The Morgan fingerprint density at radius 2 is 2.39 bits per heavy atom. The lowest BCUT2D eigenvalue weighted by atomic mass is 10.0. The summed E-state index contributed by atoms with van der Waals surface area (Å²) < 4.78 is 32.3. The van der Waals surface area contributed by atoms with Gasteiger partial charge in [0.2, 0.25) is 10.0 Å². The number of ether oxygens (including phenoxy) is 1. The maximum absolute atomic E-state index is 12.1. The van der Waals surface area contributed by atoms with Gasteiger partial charge >= 0.3 is 0 Å². The molecule has 7 heteroatoms. The molecule has 1 saturated heterocycles. The topological polar surface area (TPSA) is 84.1 Å². The van der Waals surface area contributed by atoms with Crippen LogP contribution >= 0.6 is 0 Å². The van der Waals surface area contributed by atoms with Crippen molar-refractivity contribution in [1.29, 1.82) is 0 Å². The van der Waals surface area contributed by atoms with Gasteiger partial charge in [0.25, 0.3) is 0 Å². The summed E-state index contributed by atoms with van der Waals surface area (Å²) in [6.45, 7) is 4.88. The van der Waals surface area contributed by atoms with Crippen LogP contribution in [0.2, 0.25) is 0 Å². The minimum atomic E-state index is -3.47. The minimum absolute atomic E-state index is 0.165. The van der Waals surface area contributed by atoms with Crippen LogP contribution in [-0.2, 0) is 14.8 Å². The van der Waals surface area contributed by atoms with Gasteiger partial charge in [0, 0.05) is 19.1 Å². The second kappa shape index (κ2) is 5.38. The number of hydrogen-bond acceptors (Lipinski definition) is 4. The van der Waals surface area contributed by atoms with E-state index >= 15 is 0 Å². The summed E-state index contributed by atoms with van der Waals surface area (Å²) in [6.07, 6.45) is 3.32. The van der Waals surface area contributed by atoms with Crippen molar-refractivity contribution in [2.75, 3.05) is 13.2 Å². The molecule has 0 bridgehead atoms. The molecule has 0 aliphatic carbocycles. The Labute approximate surface area is 107 Å². The Morgan fingerprint density at radius 1 is 1.61 bits per heavy atom. The lowest BCUT2D eigenvalue weighted by molar-refractivity contribution is 0.0884. The number of nitrogens with one attached hydrogen (secondary N) is 2. The fourth-order valence-corrected chi connectivity index (χ4v) is 3.51. The summed E-state index contributed by atoms with van der Waals surface area (Å²) in [5.41, 5.74) is 0.553. The Bertz CT molecular complexity index is 497. The van der Waals surface area contributed by atoms with Gasteiger partial charge in [-0.1, -0.05) is 6.92 Å². The first kappa shape index (κ1) is 13.5. The minimum Gasteiger partial charge on any atom is -0.378 e. The summed E-state index contributed by atoms with van der Waals surface area (Å²) in [5, 5.41) is 6.36. The van der Waals surface area contributed by atoms with Gasteiger partial charge in [-0.05, 0) is 19.8 Å². The van der Waals surface area contributed by atoms with Crippen LogP contribution in [0.1, 0.15) is 25.5 Å². The molecule has 0 saturated carbocycles. The van der Waals surface area contributed by atoms with E-state index in [0.29, 0.717) is 12.2 Å². The van der Waals surface area contributed by atoms with Crippen LogP contribution in [0.3, 0.4) is 0 Å². The van der Waals surface area contributed by atoms with Crippen molar-refractivity contribution < 1.29 is 13.2 Å². The van der Waals surface area contributed by atoms with Crippen LogP contribution in [-0.4, -0.2) is 37.9 Å². The lowest BCUT2D eigenvalue weighted by Crippen LogP contribution is -2.32. The number of aromatic amines is 1. The smallest absolute Gasteiger partial charge is 0.243 e. The van der Waals surface area contributed by atoms with E-state index in [-0.39, 0.29) is 16.9 Å². The number of aromatic nitrogens is 2. The normalized spacial score (nSPS) is 24.6. The van der Waals surface area contributed by atoms with E-state index < -0.39 is 10.0 Å². The molecule has 1 aromatic heterocycles. The molecule has 2 atom stereocenters. The van der Waals surface area contributed by atoms with E-state index in [1.54, 1.807) is 6.92 Å². The Balaban J connectivity index is 2.00. The van der Waals surface area contributed by atoms with Crippen LogP contribution in [0.4, 0.5) is 0 Å². The number of aryl methyl sites for hydroxylation is 1. The van der Waals surface area contributed by atoms with E-state index in [4.69, 9.17) is 4.74 Å². The van der Waals surface area contributed by atoms with Gasteiger partial charge in [-0.15, -0.1) is 0 Å². The first-order valence-corrected chi connectivity index (χ1v) is 7.64. The lowest BCUT2D eigenvalue weighted by Gasteiger charge is -2.17. The number of H-pyrrole nitrogens is 1. The summed E-state index contributed by atoms with van der Waals surface area (Å²) >= 11 is 0. The summed E-state index contributed by atoms with van der Waals surface area (Å²) in [6, 6.07) is 0. The van der Waals surface area contributed by atoms with Crippen LogP contribution in [0.5, 0.6) is 0 Å². The fourth-order valence-electron chi connectivity index (χ4n) is 2.28. The molecule has 1 aromatic rings. The van der Waals surface area contributed by atoms with Crippen LogP contribution in [0, 0.1) is 12.8 Å². The third-order valence-corrected chi connectivity index (χ3v) is 4.89. The maximum Gasteiger partial charge on any atom is 0.243 e. The molecule has 0 radical (unpaired) electrons. The van der Waals surface area contributed by atoms with E-state index in [0.717, 1.165) is 19.4 Å². The number of rotatable bonds is 5. The zero-order valence-electron chi connectivity index (χ0n) is 10.6. The van der Waals surface area contributed by atoms with Gasteiger partial charge < -0.3 is 4.74 Å². The molecule has 0 spiro atoms. The first-order chi connectivity index (χ1) is 8.54. The van der Waals surface area contributed by atoms with Gasteiger partial charge in [-0.2, -0.15) is 5.10 Å². The number of hydrogen-bond donors (Lipinski definition) is 2. The Hall–Kier alpha value is -0.920. The molecule has 2 N–H and O–H groups in total. The molecule has 2 heterocycles. The van der Waals surface area contributed by atoms with Gasteiger partial charge in [0.15, 0.2) is 0 Å². The maximum atomic E-state index is 12.1. The zero-order valence-corrected chi connectivity index (χ0v) is 11.5. The van der Waals surface area contributed by atoms with E-state index in [1.807, 2.05) is 0 Å². The predicted octanol–water partition coefficient (Wildman–Crippen LogP) is 0.812. The van der Waals surface area contributed by atoms with Crippen molar-refractivity contribution in [2.24, 2.45) is 5.92 Å². The van der Waals surface area contributed by atoms with Crippen molar-refractivity contribution in [3.63, 3.8) is 0 Å². The first-order valence-electron chi connectivity index (χ1n) is 6.16. The highest BCUT2D eigenvalue weighted by atomic mass is 32.2. The molecule has 2 rings (SSSR count). The highest BCUT2D eigenvalue weighted by Gasteiger charge is 2.28. The summed E-state index contributed by atoms with van der Waals surface area (Å²) in [7, 11) is -3.47. The summed E-state index contributed by atoms with van der Waals surface area (Å²) in [5.74, 6) is 0.261. The Morgan fingerprint density at radius 3 is 3.00 bits per heavy atom. The molecule has 1 aliphatic rings. The molecule has 6 nitrogen and oxygen atoms in total. The van der Waals surface area contributed by atoms with Crippen molar-refractivity contribution in [3.8, 4) is 0 Å². The van der Waals surface area contributed by atoms with Crippen molar-refractivity contribution in [2.45, 2.75) is 37.7 Å². The molecule has 0 amide bonds. The molecule has 2 unspecified atom stereocenters. The monoisotopic (exact) mass is 273 g/mol. The van der Waals surface area contributed by atoms with Gasteiger partial charge in [0.05, 0.1) is 18.0 Å². The van der Waals surface area contributed by atoms with Crippen molar-refractivity contribution in [3.05, 3.63) is 11.9 Å². The van der Waals surface area contributed by atoms with Crippen molar-refractivity contribution >= 4 is 10.0 Å². The fraction of sp³-hybridized carbons (Fsp3) is 0.727. The average molecular weight is 273 g/mol. The second-order valence-corrected chi connectivity index (χ2v) is 6.31. The largest absolute Gasteiger partial charge is 0.378 e. The SMILES string of the molecule is CCC1OCCC1CNS(=O)(=O)c1cn[nH]c1C. The molecule has 102 valence electrons. The predicted molar refractivity (Wildman–Crippen MR) is 66.7 cm³/mol. The number of nitrogens with zero attached hydrogens (tertiary/aromatic N) is 1. The van der Waals surface area contributed by atoms with E-state index in [2.05, 4.69) is 21.8 Å². The molecule has 1 aliphatic heterocycles.